The quantitative estimate of drug-likeness (QED) is 0.411. The minimum Gasteiger partial charge on any atom is -0.383 e. The number of nitrogens with one attached hydrogen (secondary N) is 1. The molecule has 148 valence electrons. The molecule has 0 bridgehead atoms. The minimum atomic E-state index is -0.186. The van der Waals surface area contributed by atoms with Crippen LogP contribution in [0.4, 0.5) is 5.13 Å². The molecule has 1 aromatic carbocycles. The molecule has 28 heavy (non-hydrogen) atoms. The van der Waals surface area contributed by atoms with Crippen molar-refractivity contribution in [3.05, 3.63) is 51.8 Å². The summed E-state index contributed by atoms with van der Waals surface area (Å²) < 4.78 is 7.71. The molecule has 0 aliphatic carbocycles. The molecule has 3 rings (SSSR count). The maximum atomic E-state index is 12.3. The molecule has 0 radical (unpaired) electrons. The van der Waals surface area contributed by atoms with Crippen molar-refractivity contribution < 1.29 is 9.53 Å². The molecule has 2 heterocycles. The zero-order valence-corrected chi connectivity index (χ0v) is 18.1. The van der Waals surface area contributed by atoms with E-state index in [4.69, 9.17) is 4.74 Å². The second kappa shape index (κ2) is 10.5. The van der Waals surface area contributed by atoms with Crippen LogP contribution in [0.5, 0.6) is 0 Å². The van der Waals surface area contributed by atoms with Crippen LogP contribution in [0.3, 0.4) is 0 Å². The Morgan fingerprint density at radius 1 is 1.32 bits per heavy atom. The van der Waals surface area contributed by atoms with Crippen molar-refractivity contribution in [1.29, 1.82) is 0 Å². The van der Waals surface area contributed by atoms with Crippen LogP contribution in [0.1, 0.15) is 11.1 Å². The molecule has 0 saturated heterocycles. The maximum absolute atomic E-state index is 12.3. The van der Waals surface area contributed by atoms with Crippen molar-refractivity contribution in [2.75, 3.05) is 31.3 Å². The summed E-state index contributed by atoms with van der Waals surface area (Å²) in [7, 11) is 1.65. The molecule has 0 spiro atoms. The average molecular weight is 436 g/mol. The van der Waals surface area contributed by atoms with E-state index in [1.807, 2.05) is 16.1 Å². The molecular formula is C18H21N5O2S3. The summed E-state index contributed by atoms with van der Waals surface area (Å²) in [6.45, 7) is 4.03. The van der Waals surface area contributed by atoms with Gasteiger partial charge in [0.2, 0.25) is 5.13 Å². The zero-order chi connectivity index (χ0) is 19.8. The van der Waals surface area contributed by atoms with Gasteiger partial charge in [0.1, 0.15) is 0 Å². The van der Waals surface area contributed by atoms with Crippen LogP contribution in [0, 0.1) is 6.92 Å². The molecule has 0 aliphatic heterocycles. The number of thioether (sulfide) groups is 1. The Hall–Kier alpha value is -2.01. The van der Waals surface area contributed by atoms with Gasteiger partial charge in [-0.25, -0.2) is 0 Å². The topological polar surface area (TPSA) is 81.4 Å². The fourth-order valence-corrected chi connectivity index (χ4v) is 4.57. The number of aryl methyl sites for hydroxylation is 1. The summed E-state index contributed by atoms with van der Waals surface area (Å²) in [5, 5.41) is 13.9. The summed E-state index contributed by atoms with van der Waals surface area (Å²) in [5.41, 5.74) is 2.40. The van der Waals surface area contributed by atoms with Crippen molar-refractivity contribution >= 4 is 45.5 Å². The molecule has 2 aromatic heterocycles. The number of nitrogens with zero attached hydrogens (tertiary/aromatic N) is 4. The van der Waals surface area contributed by atoms with Gasteiger partial charge >= 0.3 is 0 Å². The first-order chi connectivity index (χ1) is 13.6. The van der Waals surface area contributed by atoms with Gasteiger partial charge in [0.15, 0.2) is 9.14 Å². The van der Waals surface area contributed by atoms with Crippen LogP contribution in [-0.4, -0.2) is 46.7 Å². The standard InChI is InChI=1S/C18H21N5O2S3/c1-13-3-5-14(6-4-13)11-23-8-10-26-17(23)20-15(24)12-27-18-22-21-16(28-18)19-7-9-25-2/h3-6,8,10H,7,9,11-12H2,1-2H3,(H,19,21). The van der Waals surface area contributed by atoms with E-state index in [-0.39, 0.29) is 11.7 Å². The number of hydrogen-bond donors (Lipinski definition) is 1. The van der Waals surface area contributed by atoms with Crippen LogP contribution < -0.4 is 10.1 Å². The van der Waals surface area contributed by atoms with Crippen molar-refractivity contribution in [2.24, 2.45) is 4.99 Å². The third-order valence-electron chi connectivity index (χ3n) is 3.66. The van der Waals surface area contributed by atoms with E-state index in [0.29, 0.717) is 24.5 Å². The highest BCUT2D eigenvalue weighted by molar-refractivity contribution is 8.01. The fourth-order valence-electron chi connectivity index (χ4n) is 2.26. The Kier molecular flexibility index (Phi) is 7.78. The lowest BCUT2D eigenvalue weighted by Crippen LogP contribution is -2.17. The highest BCUT2D eigenvalue weighted by Gasteiger charge is 2.08. The lowest BCUT2D eigenvalue weighted by molar-refractivity contribution is -0.115. The lowest BCUT2D eigenvalue weighted by atomic mass is 10.1. The van der Waals surface area contributed by atoms with Gasteiger partial charge in [-0.05, 0) is 12.5 Å². The normalized spacial score (nSPS) is 11.7. The smallest absolute Gasteiger partial charge is 0.258 e. The molecular weight excluding hydrogens is 414 g/mol. The predicted molar refractivity (Wildman–Crippen MR) is 114 cm³/mol. The molecule has 10 heteroatoms. The molecule has 1 amide bonds. The average Bonchev–Trinajstić information content (AvgIpc) is 3.32. The number of ether oxygens (including phenoxy) is 1. The lowest BCUT2D eigenvalue weighted by Gasteiger charge is -2.03. The minimum absolute atomic E-state index is 0.186. The Bertz CT molecular complexity index is 962. The van der Waals surface area contributed by atoms with Crippen LogP contribution in [-0.2, 0) is 16.1 Å². The number of amides is 1. The van der Waals surface area contributed by atoms with E-state index >= 15 is 0 Å². The van der Waals surface area contributed by atoms with Crippen molar-refractivity contribution in [3.63, 3.8) is 0 Å². The molecule has 0 aliphatic rings. The van der Waals surface area contributed by atoms with Gasteiger partial charge in [0.25, 0.3) is 5.91 Å². The first kappa shape index (κ1) is 20.7. The summed E-state index contributed by atoms with van der Waals surface area (Å²) >= 11 is 4.22. The van der Waals surface area contributed by atoms with Gasteiger partial charge in [-0.1, -0.05) is 52.9 Å². The number of carbonyl (C=O) groups is 1. The molecule has 0 unspecified atom stereocenters. The second-order valence-electron chi connectivity index (χ2n) is 5.89. The summed E-state index contributed by atoms with van der Waals surface area (Å²) in [4.78, 5) is 17.2. The number of methoxy groups -OCH3 is 1. The number of carbonyl (C=O) groups excluding carboxylic acids is 1. The van der Waals surface area contributed by atoms with E-state index in [2.05, 4.69) is 51.7 Å². The van der Waals surface area contributed by atoms with Crippen molar-refractivity contribution in [2.45, 2.75) is 17.8 Å². The monoisotopic (exact) mass is 435 g/mol. The van der Waals surface area contributed by atoms with Gasteiger partial charge in [-0.3, -0.25) is 4.79 Å². The van der Waals surface area contributed by atoms with Gasteiger partial charge < -0.3 is 14.6 Å². The largest absolute Gasteiger partial charge is 0.383 e. The molecule has 7 nitrogen and oxygen atoms in total. The number of anilines is 1. The Morgan fingerprint density at radius 2 is 2.14 bits per heavy atom. The molecule has 3 aromatic rings. The van der Waals surface area contributed by atoms with E-state index in [1.54, 1.807) is 7.11 Å². The SMILES string of the molecule is COCCNc1nnc(SCC(=O)N=c2sccn2Cc2ccc(C)cc2)s1. The third-order valence-corrected chi connectivity index (χ3v) is 6.46. The maximum Gasteiger partial charge on any atom is 0.258 e. The second-order valence-corrected chi connectivity index (χ2v) is 8.96. The summed E-state index contributed by atoms with van der Waals surface area (Å²) in [5.74, 6) is 0.0454. The zero-order valence-electron chi connectivity index (χ0n) is 15.6. The fraction of sp³-hybridized carbons (Fsp3) is 0.333. The highest BCUT2D eigenvalue weighted by atomic mass is 32.2. The van der Waals surface area contributed by atoms with E-state index in [9.17, 15) is 4.79 Å². The van der Waals surface area contributed by atoms with Gasteiger partial charge in [0.05, 0.1) is 12.4 Å². The summed E-state index contributed by atoms with van der Waals surface area (Å²) in [6, 6.07) is 8.35. The number of rotatable bonds is 9. The van der Waals surface area contributed by atoms with Crippen LogP contribution in [0.25, 0.3) is 0 Å². The van der Waals surface area contributed by atoms with Crippen LogP contribution in [0.15, 0.2) is 45.2 Å². The highest BCUT2D eigenvalue weighted by Crippen LogP contribution is 2.25. The number of benzene rings is 1. The first-order valence-corrected chi connectivity index (χ1v) is 11.3. The third kappa shape index (κ3) is 6.26. The number of thiazole rings is 1. The van der Waals surface area contributed by atoms with Gasteiger partial charge in [-0.2, -0.15) is 4.99 Å². The predicted octanol–water partition coefficient (Wildman–Crippen LogP) is 3.04. The molecule has 1 N–H and O–H groups in total. The van der Waals surface area contributed by atoms with E-state index in [0.717, 1.165) is 9.47 Å². The van der Waals surface area contributed by atoms with Crippen molar-refractivity contribution in [1.82, 2.24) is 14.8 Å². The van der Waals surface area contributed by atoms with E-state index in [1.165, 1.54) is 45.6 Å². The summed E-state index contributed by atoms with van der Waals surface area (Å²) in [6.07, 6.45) is 1.95. The molecule has 0 saturated carbocycles. The van der Waals surface area contributed by atoms with Gasteiger partial charge in [0, 0.05) is 31.8 Å². The Labute approximate surface area is 175 Å². The molecule has 0 fully saturated rings. The number of aromatic nitrogens is 3. The number of hydrogen-bond acceptors (Lipinski definition) is 8. The Balaban J connectivity index is 1.56. The van der Waals surface area contributed by atoms with E-state index < -0.39 is 0 Å². The van der Waals surface area contributed by atoms with Crippen LogP contribution >= 0.6 is 34.4 Å². The van der Waals surface area contributed by atoms with Crippen LogP contribution in [0.2, 0.25) is 0 Å². The van der Waals surface area contributed by atoms with Crippen molar-refractivity contribution in [3.8, 4) is 0 Å². The Morgan fingerprint density at radius 3 is 2.93 bits per heavy atom. The molecule has 0 atom stereocenters. The van der Waals surface area contributed by atoms with Gasteiger partial charge in [-0.15, -0.1) is 21.5 Å². The first-order valence-electron chi connectivity index (χ1n) is 8.60.